The van der Waals surface area contributed by atoms with Gasteiger partial charge in [0.2, 0.25) is 0 Å². The summed E-state index contributed by atoms with van der Waals surface area (Å²) in [7, 11) is 0. The molecule has 1 aromatic heterocycles. The molecule has 0 unspecified atom stereocenters. The zero-order valence-corrected chi connectivity index (χ0v) is 12.9. The maximum absolute atomic E-state index is 4.56. The SMILES string of the molecule is CC.Cc1cccc2cc(Sc3ccccc3)cnc12. The van der Waals surface area contributed by atoms with Crippen LogP contribution in [-0.2, 0) is 0 Å². The highest BCUT2D eigenvalue weighted by atomic mass is 32.2. The summed E-state index contributed by atoms with van der Waals surface area (Å²) in [6.07, 6.45) is 1.95. The molecule has 0 amide bonds. The van der Waals surface area contributed by atoms with Gasteiger partial charge in [-0.05, 0) is 30.7 Å². The maximum atomic E-state index is 4.56. The molecule has 102 valence electrons. The van der Waals surface area contributed by atoms with Crippen LogP contribution >= 0.6 is 11.8 Å². The van der Waals surface area contributed by atoms with Crippen molar-refractivity contribution in [1.29, 1.82) is 0 Å². The molecular weight excluding hydrogens is 262 g/mol. The lowest BCUT2D eigenvalue weighted by atomic mass is 10.1. The Bertz CT molecular complexity index is 677. The van der Waals surface area contributed by atoms with Gasteiger partial charge in [-0.15, -0.1) is 0 Å². The summed E-state index contributed by atoms with van der Waals surface area (Å²) in [5, 5.41) is 1.20. The summed E-state index contributed by atoms with van der Waals surface area (Å²) >= 11 is 1.75. The molecule has 0 aliphatic heterocycles. The molecule has 20 heavy (non-hydrogen) atoms. The first-order valence-electron chi connectivity index (χ1n) is 6.91. The van der Waals surface area contributed by atoms with E-state index in [-0.39, 0.29) is 0 Å². The van der Waals surface area contributed by atoms with Crippen molar-refractivity contribution in [2.75, 3.05) is 0 Å². The first-order valence-corrected chi connectivity index (χ1v) is 7.73. The molecule has 3 rings (SSSR count). The van der Waals surface area contributed by atoms with E-state index in [2.05, 4.69) is 60.4 Å². The molecule has 2 aromatic carbocycles. The van der Waals surface area contributed by atoms with E-state index in [9.17, 15) is 0 Å². The van der Waals surface area contributed by atoms with Gasteiger partial charge >= 0.3 is 0 Å². The highest BCUT2D eigenvalue weighted by Crippen LogP contribution is 2.29. The predicted molar refractivity (Wildman–Crippen MR) is 88.4 cm³/mol. The smallest absolute Gasteiger partial charge is 0.0731 e. The van der Waals surface area contributed by atoms with E-state index in [0.717, 1.165) is 5.52 Å². The van der Waals surface area contributed by atoms with E-state index in [1.807, 2.05) is 26.1 Å². The highest BCUT2D eigenvalue weighted by Gasteiger charge is 2.01. The molecule has 0 spiro atoms. The molecule has 0 radical (unpaired) electrons. The van der Waals surface area contributed by atoms with E-state index in [1.54, 1.807) is 11.8 Å². The van der Waals surface area contributed by atoms with Gasteiger partial charge < -0.3 is 0 Å². The second-order valence-corrected chi connectivity index (χ2v) is 5.38. The third-order valence-corrected chi connectivity index (χ3v) is 3.83. The standard InChI is InChI=1S/C16H13NS.C2H6/c1-12-6-5-7-13-10-15(11-17-16(12)13)18-14-8-3-2-4-9-14;1-2/h2-11H,1H3;1-2H3. The number of rotatable bonds is 2. The minimum Gasteiger partial charge on any atom is -0.255 e. The van der Waals surface area contributed by atoms with Crippen LogP contribution in [0, 0.1) is 6.92 Å². The first-order chi connectivity index (χ1) is 9.83. The summed E-state index contributed by atoms with van der Waals surface area (Å²) < 4.78 is 0. The van der Waals surface area contributed by atoms with Crippen LogP contribution in [0.4, 0.5) is 0 Å². The van der Waals surface area contributed by atoms with Gasteiger partial charge in [-0.25, -0.2) is 0 Å². The number of hydrogen-bond acceptors (Lipinski definition) is 2. The lowest BCUT2D eigenvalue weighted by Gasteiger charge is -2.04. The van der Waals surface area contributed by atoms with Crippen molar-refractivity contribution in [2.24, 2.45) is 0 Å². The zero-order chi connectivity index (χ0) is 14.4. The van der Waals surface area contributed by atoms with Gasteiger partial charge in [-0.1, -0.05) is 62.0 Å². The number of fused-ring (bicyclic) bond motifs is 1. The van der Waals surface area contributed by atoms with Crippen molar-refractivity contribution in [3.05, 3.63) is 66.4 Å². The second kappa shape index (κ2) is 7.11. The fraction of sp³-hybridized carbons (Fsp3) is 0.167. The van der Waals surface area contributed by atoms with Crippen LogP contribution in [0.3, 0.4) is 0 Å². The summed E-state index contributed by atoms with van der Waals surface area (Å²) in [6.45, 7) is 6.10. The Hall–Kier alpha value is -1.80. The predicted octanol–water partition coefficient (Wildman–Crippen LogP) is 5.72. The molecule has 0 aliphatic carbocycles. The van der Waals surface area contributed by atoms with Crippen molar-refractivity contribution in [2.45, 2.75) is 30.6 Å². The molecule has 0 atom stereocenters. The second-order valence-electron chi connectivity index (χ2n) is 4.23. The number of pyridine rings is 1. The number of benzene rings is 2. The van der Waals surface area contributed by atoms with E-state index < -0.39 is 0 Å². The summed E-state index contributed by atoms with van der Waals surface area (Å²) in [5.74, 6) is 0. The summed E-state index contributed by atoms with van der Waals surface area (Å²) in [6, 6.07) is 18.9. The minimum atomic E-state index is 1.09. The van der Waals surface area contributed by atoms with Crippen molar-refractivity contribution >= 4 is 22.7 Å². The monoisotopic (exact) mass is 281 g/mol. The van der Waals surface area contributed by atoms with Crippen LogP contribution in [0.25, 0.3) is 10.9 Å². The Labute approximate surface area is 125 Å². The summed E-state index contributed by atoms with van der Waals surface area (Å²) in [5.41, 5.74) is 2.32. The Morgan fingerprint density at radius 1 is 0.850 bits per heavy atom. The van der Waals surface area contributed by atoms with E-state index in [0.29, 0.717) is 0 Å². The van der Waals surface area contributed by atoms with Crippen LogP contribution in [0.5, 0.6) is 0 Å². The number of hydrogen-bond donors (Lipinski definition) is 0. The molecule has 0 saturated carbocycles. The molecule has 2 heteroatoms. The fourth-order valence-corrected chi connectivity index (χ4v) is 2.83. The Morgan fingerprint density at radius 3 is 2.35 bits per heavy atom. The molecule has 0 fully saturated rings. The third kappa shape index (κ3) is 3.40. The van der Waals surface area contributed by atoms with Crippen LogP contribution in [0.15, 0.2) is 70.6 Å². The Morgan fingerprint density at radius 2 is 1.60 bits per heavy atom. The highest BCUT2D eigenvalue weighted by molar-refractivity contribution is 7.99. The Kier molecular flexibility index (Phi) is 5.19. The van der Waals surface area contributed by atoms with Crippen molar-refractivity contribution in [1.82, 2.24) is 4.98 Å². The quantitative estimate of drug-likeness (QED) is 0.595. The van der Waals surface area contributed by atoms with E-state index in [4.69, 9.17) is 0 Å². The maximum Gasteiger partial charge on any atom is 0.0731 e. The van der Waals surface area contributed by atoms with Gasteiger partial charge in [0.1, 0.15) is 0 Å². The number of aromatic nitrogens is 1. The lowest BCUT2D eigenvalue weighted by Crippen LogP contribution is -1.84. The Balaban J connectivity index is 0.000000704. The summed E-state index contributed by atoms with van der Waals surface area (Å²) in [4.78, 5) is 6.98. The molecular formula is C18H19NS. The molecule has 0 aliphatic rings. The van der Waals surface area contributed by atoms with Gasteiger partial charge in [0, 0.05) is 21.4 Å². The molecule has 3 aromatic rings. The fourth-order valence-electron chi connectivity index (χ4n) is 1.97. The zero-order valence-electron chi connectivity index (χ0n) is 12.1. The van der Waals surface area contributed by atoms with E-state index >= 15 is 0 Å². The largest absolute Gasteiger partial charge is 0.255 e. The molecule has 0 bridgehead atoms. The van der Waals surface area contributed by atoms with Crippen molar-refractivity contribution in [3.8, 4) is 0 Å². The third-order valence-electron chi connectivity index (χ3n) is 2.87. The van der Waals surface area contributed by atoms with Crippen LogP contribution in [0.1, 0.15) is 19.4 Å². The van der Waals surface area contributed by atoms with Crippen molar-refractivity contribution < 1.29 is 0 Å². The topological polar surface area (TPSA) is 12.9 Å². The number of aryl methyl sites for hydroxylation is 1. The minimum absolute atomic E-state index is 1.09. The van der Waals surface area contributed by atoms with Crippen LogP contribution < -0.4 is 0 Å². The normalized spacial score (nSPS) is 9.95. The molecule has 0 saturated heterocycles. The van der Waals surface area contributed by atoms with E-state index in [1.165, 1.54) is 20.7 Å². The van der Waals surface area contributed by atoms with Crippen molar-refractivity contribution in [3.63, 3.8) is 0 Å². The van der Waals surface area contributed by atoms with Gasteiger partial charge in [-0.2, -0.15) is 0 Å². The number of nitrogens with zero attached hydrogens (tertiary/aromatic N) is 1. The average molecular weight is 281 g/mol. The van der Waals surface area contributed by atoms with Crippen LogP contribution in [0.2, 0.25) is 0 Å². The first kappa shape index (κ1) is 14.6. The van der Waals surface area contributed by atoms with Gasteiger partial charge in [-0.3, -0.25) is 4.98 Å². The van der Waals surface area contributed by atoms with Gasteiger partial charge in [0.15, 0.2) is 0 Å². The van der Waals surface area contributed by atoms with Gasteiger partial charge in [0.05, 0.1) is 5.52 Å². The van der Waals surface area contributed by atoms with Crippen LogP contribution in [-0.4, -0.2) is 4.98 Å². The van der Waals surface area contributed by atoms with Gasteiger partial charge in [0.25, 0.3) is 0 Å². The molecule has 1 heterocycles. The molecule has 0 N–H and O–H groups in total. The number of para-hydroxylation sites is 1. The lowest BCUT2D eigenvalue weighted by molar-refractivity contribution is 1.28. The molecule has 1 nitrogen and oxygen atoms in total. The average Bonchev–Trinajstić information content (AvgIpc) is 2.50.